The lowest BCUT2D eigenvalue weighted by atomic mass is 9.93. The molecule has 5 aromatic carbocycles. The highest BCUT2D eigenvalue weighted by Gasteiger charge is 2.31. The Labute approximate surface area is 295 Å². The second kappa shape index (κ2) is 15.8. The Morgan fingerprint density at radius 1 is 0.686 bits per heavy atom. The summed E-state index contributed by atoms with van der Waals surface area (Å²) in [5, 5.41) is 8.95. The van der Waals surface area contributed by atoms with Crippen LogP contribution in [0.5, 0.6) is 5.75 Å². The molecule has 0 fully saturated rings. The summed E-state index contributed by atoms with van der Waals surface area (Å²) in [6, 6.07) is 29.7. The first-order valence-electron chi connectivity index (χ1n) is 15.7. The van der Waals surface area contributed by atoms with Gasteiger partial charge in [-0.25, -0.2) is 4.79 Å². The quantitative estimate of drug-likeness (QED) is 0.0789. The summed E-state index contributed by atoms with van der Waals surface area (Å²) in [7, 11) is 0. The molecule has 0 saturated carbocycles. The van der Waals surface area contributed by atoms with Crippen molar-refractivity contribution in [3.05, 3.63) is 149 Å². The van der Waals surface area contributed by atoms with E-state index in [0.29, 0.717) is 51.7 Å². The molecular weight excluding hydrogens is 690 g/mol. The first kappa shape index (κ1) is 37.1. The summed E-state index contributed by atoms with van der Waals surface area (Å²) in [5.74, 6) is 0.329. The van der Waals surface area contributed by atoms with Gasteiger partial charge in [0.2, 0.25) is 0 Å². The van der Waals surface area contributed by atoms with Crippen LogP contribution >= 0.6 is 11.8 Å². The molecule has 5 rings (SSSR count). The summed E-state index contributed by atoms with van der Waals surface area (Å²) in [6.07, 6.45) is -8.97. The van der Waals surface area contributed by atoms with Crippen LogP contribution in [0.25, 0.3) is 27.8 Å². The van der Waals surface area contributed by atoms with Gasteiger partial charge in [0.05, 0.1) is 23.5 Å². The van der Waals surface area contributed by atoms with Crippen molar-refractivity contribution in [1.29, 1.82) is 0 Å². The van der Waals surface area contributed by atoms with Gasteiger partial charge < -0.3 is 14.6 Å². The molecule has 0 saturated heterocycles. The third kappa shape index (κ3) is 9.55. The van der Waals surface area contributed by atoms with E-state index in [-0.39, 0.29) is 0 Å². The highest BCUT2D eigenvalue weighted by molar-refractivity contribution is 7.99. The van der Waals surface area contributed by atoms with Gasteiger partial charge in [-0.3, -0.25) is 0 Å². The molecule has 0 unspecified atom stereocenters. The minimum atomic E-state index is -4.49. The summed E-state index contributed by atoms with van der Waals surface area (Å²) >= 11 is 1.47. The van der Waals surface area contributed by atoms with Crippen LogP contribution in [-0.4, -0.2) is 30.0 Å². The Kier molecular flexibility index (Phi) is 11.5. The van der Waals surface area contributed by atoms with Crippen LogP contribution in [0.4, 0.5) is 26.3 Å². The van der Waals surface area contributed by atoms with Crippen LogP contribution in [0.3, 0.4) is 0 Å². The molecule has 0 radical (unpaired) electrons. The van der Waals surface area contributed by atoms with Crippen molar-refractivity contribution in [2.24, 2.45) is 0 Å². The molecule has 0 aromatic heterocycles. The summed E-state index contributed by atoms with van der Waals surface area (Å²) in [6.45, 7) is 3.51. The smallest absolute Gasteiger partial charge is 0.416 e. The van der Waals surface area contributed by atoms with E-state index < -0.39 is 36.1 Å². The number of carboxylic acids is 1. The van der Waals surface area contributed by atoms with Gasteiger partial charge in [0, 0.05) is 10.5 Å². The van der Waals surface area contributed by atoms with Gasteiger partial charge in [-0.05, 0) is 95.3 Å². The maximum Gasteiger partial charge on any atom is 0.416 e. The minimum absolute atomic E-state index is 0.324. The van der Waals surface area contributed by atoms with Gasteiger partial charge in [-0.1, -0.05) is 72.8 Å². The lowest BCUT2D eigenvalue weighted by molar-refractivity contribution is -0.139. The van der Waals surface area contributed by atoms with Gasteiger partial charge in [0.25, 0.3) is 0 Å². The Balaban J connectivity index is 1.54. The topological polar surface area (TPSA) is 55.8 Å². The molecule has 0 aliphatic heterocycles. The summed E-state index contributed by atoms with van der Waals surface area (Å²) in [4.78, 5) is 11.8. The zero-order valence-electron chi connectivity index (χ0n) is 27.4. The molecule has 264 valence electrons. The average molecular weight is 723 g/mol. The second-order valence-electron chi connectivity index (χ2n) is 11.4. The molecule has 11 heteroatoms. The molecule has 0 atom stereocenters. The van der Waals surface area contributed by atoms with E-state index >= 15 is 0 Å². The summed E-state index contributed by atoms with van der Waals surface area (Å²) < 4.78 is 92.0. The fraction of sp³-hybridized carbons (Fsp3) is 0.175. The monoisotopic (exact) mass is 722 g/mol. The van der Waals surface area contributed by atoms with E-state index in [1.54, 1.807) is 66.7 Å². The first-order chi connectivity index (χ1) is 24.2. The molecule has 0 bridgehead atoms. The van der Waals surface area contributed by atoms with E-state index in [4.69, 9.17) is 14.6 Å². The number of hydrogen-bond donors (Lipinski definition) is 1. The number of thioether (sulfide) groups is 1. The SMILES string of the molecule is CCOC(CSc1ccc(OCC(=O)O)c(C)c1)=C(c1ccc(-c2cccc(C(F)(F)F)c2)cc1)c1ccc(-c2cccc(C(F)(F)F)c2)cc1. The van der Waals surface area contributed by atoms with Crippen LogP contribution in [0.15, 0.2) is 126 Å². The van der Waals surface area contributed by atoms with Gasteiger partial charge in [-0.15, -0.1) is 11.8 Å². The fourth-order valence-electron chi connectivity index (χ4n) is 5.42. The molecule has 0 heterocycles. The Morgan fingerprint density at radius 3 is 1.63 bits per heavy atom. The van der Waals surface area contributed by atoms with Crippen LogP contribution in [0.2, 0.25) is 0 Å². The molecule has 0 spiro atoms. The lowest BCUT2D eigenvalue weighted by Crippen LogP contribution is -2.10. The van der Waals surface area contributed by atoms with Crippen molar-refractivity contribution in [3.63, 3.8) is 0 Å². The highest BCUT2D eigenvalue weighted by atomic mass is 32.2. The molecular formula is C40H32F6O4S. The van der Waals surface area contributed by atoms with Gasteiger partial charge in [-0.2, -0.15) is 26.3 Å². The predicted molar refractivity (Wildman–Crippen MR) is 186 cm³/mol. The Bertz CT molecular complexity index is 1910. The Morgan fingerprint density at radius 2 is 1.20 bits per heavy atom. The number of carbonyl (C=O) groups is 1. The molecule has 0 aliphatic carbocycles. The maximum atomic E-state index is 13.4. The van der Waals surface area contributed by atoms with Crippen molar-refractivity contribution < 1.29 is 45.7 Å². The second-order valence-corrected chi connectivity index (χ2v) is 12.5. The number of benzene rings is 5. The van der Waals surface area contributed by atoms with E-state index in [0.717, 1.165) is 45.9 Å². The number of carboxylic acid groups (broad SMARTS) is 1. The number of alkyl halides is 6. The molecule has 4 nitrogen and oxygen atoms in total. The Hall–Kier alpha value is -5.16. The van der Waals surface area contributed by atoms with E-state index in [9.17, 15) is 31.1 Å². The van der Waals surface area contributed by atoms with Crippen molar-refractivity contribution in [2.75, 3.05) is 19.0 Å². The third-order valence-corrected chi connectivity index (χ3v) is 8.85. The van der Waals surface area contributed by atoms with Gasteiger partial charge in [0.15, 0.2) is 6.61 Å². The largest absolute Gasteiger partial charge is 0.497 e. The molecule has 0 aliphatic rings. The van der Waals surface area contributed by atoms with E-state index in [1.165, 1.54) is 23.9 Å². The van der Waals surface area contributed by atoms with Crippen LogP contribution in [0.1, 0.15) is 34.7 Å². The molecule has 0 amide bonds. The van der Waals surface area contributed by atoms with E-state index in [2.05, 4.69) is 0 Å². The first-order valence-corrected chi connectivity index (χ1v) is 16.7. The number of halogens is 6. The average Bonchev–Trinajstić information content (AvgIpc) is 3.10. The highest BCUT2D eigenvalue weighted by Crippen LogP contribution is 2.37. The number of rotatable bonds is 12. The standard InChI is InChI=1S/C40H32F6O4S/c1-3-49-36(24-51-34-18-19-35(25(2)20-34)50-23-37(47)48)38(28-14-10-26(11-15-28)30-6-4-8-32(21-30)39(41,42)43)29-16-12-27(13-17-29)31-7-5-9-33(22-31)40(44,45)46/h4-22H,3,23-24H2,1-2H3,(H,47,48). The third-order valence-electron chi connectivity index (χ3n) is 7.86. The van der Waals surface area contributed by atoms with Crippen LogP contribution < -0.4 is 4.74 Å². The van der Waals surface area contributed by atoms with Crippen LogP contribution in [0, 0.1) is 6.92 Å². The van der Waals surface area contributed by atoms with Crippen molar-refractivity contribution in [2.45, 2.75) is 31.1 Å². The van der Waals surface area contributed by atoms with E-state index in [1.807, 2.05) is 26.0 Å². The fourth-order valence-corrected chi connectivity index (χ4v) is 6.37. The lowest BCUT2D eigenvalue weighted by Gasteiger charge is -2.18. The number of aliphatic carboxylic acids is 1. The van der Waals surface area contributed by atoms with Crippen molar-refractivity contribution in [1.82, 2.24) is 0 Å². The van der Waals surface area contributed by atoms with Gasteiger partial charge >= 0.3 is 18.3 Å². The molecule has 1 N–H and O–H groups in total. The number of hydrogen-bond acceptors (Lipinski definition) is 4. The van der Waals surface area contributed by atoms with Crippen molar-refractivity contribution >= 4 is 23.3 Å². The normalized spacial score (nSPS) is 11.6. The minimum Gasteiger partial charge on any atom is -0.497 e. The zero-order valence-corrected chi connectivity index (χ0v) is 28.3. The maximum absolute atomic E-state index is 13.4. The summed E-state index contributed by atoms with van der Waals surface area (Å²) in [5.41, 5.74) is 3.35. The van der Waals surface area contributed by atoms with Crippen molar-refractivity contribution in [3.8, 4) is 28.0 Å². The molecule has 51 heavy (non-hydrogen) atoms. The predicted octanol–water partition coefficient (Wildman–Crippen LogP) is 11.4. The number of aryl methyl sites for hydroxylation is 1. The number of ether oxygens (including phenoxy) is 2. The molecule has 5 aromatic rings. The van der Waals surface area contributed by atoms with Crippen LogP contribution in [-0.2, 0) is 21.9 Å². The van der Waals surface area contributed by atoms with Gasteiger partial charge in [0.1, 0.15) is 11.5 Å². The zero-order chi connectivity index (χ0) is 36.8.